The first-order chi connectivity index (χ1) is 15.0. The highest BCUT2D eigenvalue weighted by Gasteiger charge is 2.19. The molecule has 2 aromatic heterocycles. The Morgan fingerprint density at radius 3 is 2.77 bits per heavy atom. The molecule has 1 aliphatic rings. The fourth-order valence-corrected chi connectivity index (χ4v) is 4.02. The van der Waals surface area contributed by atoms with Crippen molar-refractivity contribution >= 4 is 39.7 Å². The molecule has 0 saturated carbocycles. The number of morpholine rings is 1. The van der Waals surface area contributed by atoms with Crippen LogP contribution in [0.3, 0.4) is 0 Å². The van der Waals surface area contributed by atoms with Crippen molar-refractivity contribution in [3.63, 3.8) is 0 Å². The summed E-state index contributed by atoms with van der Waals surface area (Å²) in [7, 11) is 0. The largest absolute Gasteiger partial charge is 0.378 e. The predicted octanol–water partition coefficient (Wildman–Crippen LogP) is 2.98. The highest BCUT2D eigenvalue weighted by Crippen LogP contribution is 2.30. The van der Waals surface area contributed by atoms with E-state index < -0.39 is 11.3 Å². The van der Waals surface area contributed by atoms with Crippen LogP contribution >= 0.6 is 11.6 Å². The maximum atomic E-state index is 15.2. The third kappa shape index (κ3) is 5.16. The number of ether oxygens (including phenoxy) is 1. The van der Waals surface area contributed by atoms with E-state index in [4.69, 9.17) is 25.9 Å². The second-order valence-electron chi connectivity index (χ2n) is 7.01. The molecule has 3 aromatic rings. The number of pyridine rings is 1. The number of aryl methyl sites for hydroxylation is 1. The molecule has 4 rings (SSSR count). The van der Waals surface area contributed by atoms with Gasteiger partial charge in [-0.05, 0) is 48.2 Å². The smallest absolute Gasteiger partial charge is 0.231 e. The SMILES string of the molecule is O=S(O)NCCCc1cccc(-c2ccc3nc(Cl)nc(N4CCOCC4)c3n2)c1F. The zero-order chi connectivity index (χ0) is 21.8. The van der Waals surface area contributed by atoms with Gasteiger partial charge in [0.25, 0.3) is 0 Å². The van der Waals surface area contributed by atoms with E-state index >= 15 is 4.39 Å². The van der Waals surface area contributed by atoms with E-state index in [2.05, 4.69) is 14.7 Å². The number of anilines is 1. The zero-order valence-electron chi connectivity index (χ0n) is 16.6. The Labute approximate surface area is 186 Å². The number of hydrogen-bond donors (Lipinski definition) is 2. The topological polar surface area (TPSA) is 100 Å². The van der Waals surface area contributed by atoms with Crippen LogP contribution in [0.1, 0.15) is 12.0 Å². The average molecular weight is 466 g/mol. The number of benzene rings is 1. The summed E-state index contributed by atoms with van der Waals surface area (Å²) in [6.45, 7) is 2.79. The lowest BCUT2D eigenvalue weighted by atomic mass is 10.0. The van der Waals surface area contributed by atoms with Crippen LogP contribution in [-0.2, 0) is 22.4 Å². The molecule has 1 aromatic carbocycles. The van der Waals surface area contributed by atoms with Gasteiger partial charge < -0.3 is 9.64 Å². The summed E-state index contributed by atoms with van der Waals surface area (Å²) in [5, 5.41) is 0.133. The molecule has 2 N–H and O–H groups in total. The standard InChI is InChI=1S/C20H21ClFN5O3S/c21-20-25-16-7-6-15(24-18(16)19(26-20)27-9-11-30-12-10-27)14-5-1-3-13(17(14)22)4-2-8-23-31(28)29/h1,3,5-7,23H,2,4,8-12H2,(H,28,29). The van der Waals surface area contributed by atoms with Crippen molar-refractivity contribution in [1.29, 1.82) is 0 Å². The lowest BCUT2D eigenvalue weighted by Gasteiger charge is -2.28. The van der Waals surface area contributed by atoms with Crippen molar-refractivity contribution in [3.05, 3.63) is 47.0 Å². The van der Waals surface area contributed by atoms with E-state index in [0.717, 1.165) is 0 Å². The Morgan fingerprint density at radius 2 is 2.00 bits per heavy atom. The molecule has 0 aliphatic carbocycles. The molecular weight excluding hydrogens is 445 g/mol. The predicted molar refractivity (Wildman–Crippen MR) is 118 cm³/mol. The molecule has 0 spiro atoms. The lowest BCUT2D eigenvalue weighted by Crippen LogP contribution is -2.37. The van der Waals surface area contributed by atoms with Gasteiger partial charge in [-0.25, -0.2) is 23.3 Å². The van der Waals surface area contributed by atoms with Crippen LogP contribution < -0.4 is 9.62 Å². The highest BCUT2D eigenvalue weighted by atomic mass is 35.5. The molecule has 0 amide bonds. The summed E-state index contributed by atoms with van der Waals surface area (Å²) in [4.78, 5) is 15.4. The molecule has 31 heavy (non-hydrogen) atoms. The average Bonchev–Trinajstić information content (AvgIpc) is 2.77. The van der Waals surface area contributed by atoms with Crippen LogP contribution in [0, 0.1) is 5.82 Å². The molecule has 1 atom stereocenters. The minimum absolute atomic E-state index is 0.133. The Hall–Kier alpha value is -2.24. The van der Waals surface area contributed by atoms with Gasteiger partial charge in [0.05, 0.1) is 24.4 Å². The maximum absolute atomic E-state index is 15.2. The summed E-state index contributed by atoms with van der Waals surface area (Å²) in [5.41, 5.74) is 2.52. The third-order valence-corrected chi connectivity index (χ3v) is 5.63. The monoisotopic (exact) mass is 465 g/mol. The summed E-state index contributed by atoms with van der Waals surface area (Å²) in [6.07, 6.45) is 0.945. The first-order valence-corrected chi connectivity index (χ1v) is 11.3. The normalized spacial score (nSPS) is 15.4. The molecule has 0 bridgehead atoms. The minimum Gasteiger partial charge on any atom is -0.378 e. The summed E-state index contributed by atoms with van der Waals surface area (Å²) >= 11 is 4.05. The van der Waals surface area contributed by atoms with E-state index in [1.807, 2.05) is 4.90 Å². The molecule has 0 radical (unpaired) electrons. The fraction of sp³-hybridized carbons (Fsp3) is 0.350. The number of rotatable bonds is 7. The van der Waals surface area contributed by atoms with Gasteiger partial charge in [-0.3, -0.25) is 4.55 Å². The van der Waals surface area contributed by atoms with Gasteiger partial charge >= 0.3 is 0 Å². The molecule has 3 heterocycles. The quantitative estimate of drug-likeness (QED) is 0.314. The van der Waals surface area contributed by atoms with Gasteiger partial charge in [-0.15, -0.1) is 0 Å². The van der Waals surface area contributed by atoms with E-state index in [0.29, 0.717) is 79.4 Å². The second kappa shape index (κ2) is 9.92. The minimum atomic E-state index is -2.07. The fourth-order valence-electron chi connectivity index (χ4n) is 3.53. The summed E-state index contributed by atoms with van der Waals surface area (Å²) < 4.78 is 42.5. The van der Waals surface area contributed by atoms with Gasteiger partial charge in [0.2, 0.25) is 16.6 Å². The number of nitrogens with zero attached hydrogens (tertiary/aromatic N) is 4. The van der Waals surface area contributed by atoms with Gasteiger partial charge in [-0.1, -0.05) is 12.1 Å². The maximum Gasteiger partial charge on any atom is 0.231 e. The molecule has 11 heteroatoms. The van der Waals surface area contributed by atoms with Gasteiger partial charge in [-0.2, -0.15) is 4.98 Å². The number of hydrogen-bond acceptors (Lipinski definition) is 6. The van der Waals surface area contributed by atoms with Crippen molar-refractivity contribution in [3.8, 4) is 11.3 Å². The zero-order valence-corrected chi connectivity index (χ0v) is 18.1. The molecule has 1 saturated heterocycles. The molecule has 8 nitrogen and oxygen atoms in total. The van der Waals surface area contributed by atoms with Crippen molar-refractivity contribution in [1.82, 2.24) is 19.7 Å². The van der Waals surface area contributed by atoms with Crippen LogP contribution in [0.25, 0.3) is 22.3 Å². The Balaban J connectivity index is 1.67. The van der Waals surface area contributed by atoms with Crippen LogP contribution in [0.4, 0.5) is 10.2 Å². The van der Waals surface area contributed by atoms with Crippen molar-refractivity contribution < 1.29 is 17.9 Å². The molecular formula is C20H21ClFN5O3S. The van der Waals surface area contributed by atoms with E-state index in [9.17, 15) is 4.21 Å². The molecule has 164 valence electrons. The van der Waals surface area contributed by atoms with Gasteiger partial charge in [0.1, 0.15) is 11.3 Å². The summed E-state index contributed by atoms with van der Waals surface area (Å²) in [6, 6.07) is 8.64. The Kier molecular flexibility index (Phi) is 7.03. The Morgan fingerprint density at radius 1 is 1.19 bits per heavy atom. The van der Waals surface area contributed by atoms with E-state index in [-0.39, 0.29) is 11.1 Å². The number of fused-ring (bicyclic) bond motifs is 1. The molecule has 1 fully saturated rings. The van der Waals surface area contributed by atoms with Crippen molar-refractivity contribution in [2.75, 3.05) is 37.7 Å². The van der Waals surface area contributed by atoms with E-state index in [1.54, 1.807) is 30.3 Å². The van der Waals surface area contributed by atoms with Crippen LogP contribution in [0.5, 0.6) is 0 Å². The third-order valence-electron chi connectivity index (χ3n) is 5.01. The van der Waals surface area contributed by atoms with Crippen LogP contribution in [-0.4, -0.2) is 56.6 Å². The number of nitrogens with one attached hydrogen (secondary N) is 1. The summed E-state index contributed by atoms with van der Waals surface area (Å²) in [5.74, 6) is 0.252. The molecule has 1 aliphatic heterocycles. The van der Waals surface area contributed by atoms with Crippen LogP contribution in [0.2, 0.25) is 5.28 Å². The first kappa shape index (κ1) is 22.0. The van der Waals surface area contributed by atoms with Gasteiger partial charge in [0.15, 0.2) is 5.82 Å². The number of aromatic nitrogens is 3. The number of halogens is 2. The van der Waals surface area contributed by atoms with Crippen molar-refractivity contribution in [2.24, 2.45) is 0 Å². The van der Waals surface area contributed by atoms with Crippen LogP contribution in [0.15, 0.2) is 30.3 Å². The Bertz CT molecular complexity index is 1110. The van der Waals surface area contributed by atoms with E-state index in [1.165, 1.54) is 0 Å². The first-order valence-electron chi connectivity index (χ1n) is 9.82. The lowest BCUT2D eigenvalue weighted by molar-refractivity contribution is 0.122. The van der Waals surface area contributed by atoms with Crippen molar-refractivity contribution in [2.45, 2.75) is 12.8 Å². The highest BCUT2D eigenvalue weighted by molar-refractivity contribution is 7.77. The second-order valence-corrected chi connectivity index (χ2v) is 8.13. The van der Waals surface area contributed by atoms with Gasteiger partial charge in [0, 0.05) is 25.2 Å². The molecule has 1 unspecified atom stereocenters.